The van der Waals surface area contributed by atoms with Crippen LogP contribution >= 0.6 is 0 Å². The predicted octanol–water partition coefficient (Wildman–Crippen LogP) is 3.01. The van der Waals surface area contributed by atoms with Crippen molar-refractivity contribution in [2.45, 2.75) is 32.7 Å². The van der Waals surface area contributed by atoms with E-state index in [0.717, 1.165) is 30.0 Å². The fraction of sp³-hybridized carbons (Fsp3) is 0.500. The number of carbonyl (C=O) groups is 1. The van der Waals surface area contributed by atoms with Crippen molar-refractivity contribution in [1.82, 2.24) is 29.8 Å². The first-order valence-electron chi connectivity index (χ1n) is 11.8. The van der Waals surface area contributed by atoms with Crippen LogP contribution in [0.1, 0.15) is 43.9 Å². The zero-order valence-corrected chi connectivity index (χ0v) is 20.6. The zero-order chi connectivity index (χ0) is 24.9. The molecule has 35 heavy (non-hydrogen) atoms. The summed E-state index contributed by atoms with van der Waals surface area (Å²) in [6, 6.07) is 7.90. The SMILES string of the molecule is COc1cccc([C@H](C)Nc2nc(OCCN(CC3CNC3)C(=O)O)nc3c(C(C)C)cnn23)c1. The predicted molar refractivity (Wildman–Crippen MR) is 131 cm³/mol. The summed E-state index contributed by atoms with van der Waals surface area (Å²) >= 11 is 0. The van der Waals surface area contributed by atoms with Crippen molar-refractivity contribution in [2.24, 2.45) is 5.92 Å². The number of methoxy groups -OCH3 is 1. The van der Waals surface area contributed by atoms with E-state index in [0.29, 0.717) is 24.1 Å². The fourth-order valence-corrected chi connectivity index (χ4v) is 3.93. The molecule has 1 fully saturated rings. The van der Waals surface area contributed by atoms with Crippen LogP contribution in [0.5, 0.6) is 11.8 Å². The summed E-state index contributed by atoms with van der Waals surface area (Å²) in [6.07, 6.45) is 0.836. The number of aromatic nitrogens is 4. The normalized spacial score (nSPS) is 14.5. The molecule has 0 radical (unpaired) electrons. The van der Waals surface area contributed by atoms with Crippen LogP contribution in [-0.4, -0.2) is 75.6 Å². The highest BCUT2D eigenvalue weighted by atomic mass is 16.5. The van der Waals surface area contributed by atoms with Crippen LogP contribution < -0.4 is 20.1 Å². The van der Waals surface area contributed by atoms with Crippen LogP contribution in [0.15, 0.2) is 30.5 Å². The Morgan fingerprint density at radius 3 is 2.77 bits per heavy atom. The molecule has 4 rings (SSSR count). The van der Waals surface area contributed by atoms with Gasteiger partial charge in [-0.15, -0.1) is 0 Å². The van der Waals surface area contributed by atoms with E-state index in [1.807, 2.05) is 31.2 Å². The standard InChI is InChI=1S/C24H33N7O4/c1-15(2)20-13-26-31-21(20)28-23(35-9-8-30(24(32)33)14-17-11-25-12-17)29-22(31)27-16(3)18-6-5-7-19(10-18)34-4/h5-7,10,13,15-17,25H,8-9,11-12,14H2,1-4H3,(H,32,33)(H,27,28,29)/t16-/m0/s1. The molecule has 3 N–H and O–H groups in total. The zero-order valence-electron chi connectivity index (χ0n) is 20.6. The molecule has 2 aromatic heterocycles. The lowest BCUT2D eigenvalue weighted by molar-refractivity contribution is 0.117. The Kier molecular flexibility index (Phi) is 7.54. The number of amides is 1. The molecule has 1 aromatic carbocycles. The van der Waals surface area contributed by atoms with E-state index >= 15 is 0 Å². The van der Waals surface area contributed by atoms with Crippen LogP contribution in [0.3, 0.4) is 0 Å². The molecule has 0 bridgehead atoms. The maximum Gasteiger partial charge on any atom is 0.407 e. The molecule has 0 spiro atoms. The van der Waals surface area contributed by atoms with Gasteiger partial charge >= 0.3 is 12.1 Å². The molecule has 11 heteroatoms. The van der Waals surface area contributed by atoms with E-state index < -0.39 is 6.09 Å². The number of ether oxygens (including phenoxy) is 2. The van der Waals surface area contributed by atoms with E-state index in [1.165, 1.54) is 4.90 Å². The molecule has 0 saturated carbocycles. The first-order valence-corrected chi connectivity index (χ1v) is 11.8. The monoisotopic (exact) mass is 483 g/mol. The summed E-state index contributed by atoms with van der Waals surface area (Å²) < 4.78 is 12.9. The van der Waals surface area contributed by atoms with E-state index in [4.69, 9.17) is 9.47 Å². The van der Waals surface area contributed by atoms with Gasteiger partial charge in [0.05, 0.1) is 25.9 Å². The molecule has 3 aromatic rings. The average molecular weight is 484 g/mol. The topological polar surface area (TPSA) is 126 Å². The molecule has 11 nitrogen and oxygen atoms in total. The number of nitrogens with zero attached hydrogens (tertiary/aromatic N) is 5. The summed E-state index contributed by atoms with van der Waals surface area (Å²) in [5.41, 5.74) is 2.65. The van der Waals surface area contributed by atoms with Crippen molar-refractivity contribution in [3.63, 3.8) is 0 Å². The van der Waals surface area contributed by atoms with Crippen LogP contribution in [0, 0.1) is 5.92 Å². The van der Waals surface area contributed by atoms with E-state index in [1.54, 1.807) is 17.8 Å². The minimum Gasteiger partial charge on any atom is -0.497 e. The maximum atomic E-state index is 11.6. The molecule has 1 amide bonds. The second kappa shape index (κ2) is 10.8. The van der Waals surface area contributed by atoms with Gasteiger partial charge in [-0.2, -0.15) is 19.6 Å². The second-order valence-corrected chi connectivity index (χ2v) is 9.06. The van der Waals surface area contributed by atoms with Gasteiger partial charge < -0.3 is 30.1 Å². The summed E-state index contributed by atoms with van der Waals surface area (Å²) in [5, 5.41) is 20.6. The van der Waals surface area contributed by atoms with Crippen LogP contribution in [0.4, 0.5) is 10.7 Å². The van der Waals surface area contributed by atoms with Gasteiger partial charge in [0, 0.05) is 31.1 Å². The highest BCUT2D eigenvalue weighted by Crippen LogP contribution is 2.26. The average Bonchev–Trinajstić information content (AvgIpc) is 3.24. The summed E-state index contributed by atoms with van der Waals surface area (Å²) in [6.45, 7) is 8.72. The largest absolute Gasteiger partial charge is 0.497 e. The lowest BCUT2D eigenvalue weighted by Crippen LogP contribution is -2.50. The first kappa shape index (κ1) is 24.5. The number of anilines is 1. The minimum absolute atomic E-state index is 0.0960. The number of benzene rings is 1. The Morgan fingerprint density at radius 1 is 1.31 bits per heavy atom. The minimum atomic E-state index is -0.954. The van der Waals surface area contributed by atoms with E-state index in [2.05, 4.69) is 39.5 Å². The number of fused-ring (bicyclic) bond motifs is 1. The van der Waals surface area contributed by atoms with Crippen molar-refractivity contribution in [3.05, 3.63) is 41.6 Å². The maximum absolute atomic E-state index is 11.6. The van der Waals surface area contributed by atoms with Crippen LogP contribution in [0.2, 0.25) is 0 Å². The van der Waals surface area contributed by atoms with Gasteiger partial charge in [-0.1, -0.05) is 26.0 Å². The highest BCUT2D eigenvalue weighted by Gasteiger charge is 2.23. The third-order valence-corrected chi connectivity index (χ3v) is 6.14. The van der Waals surface area contributed by atoms with Crippen LogP contribution in [-0.2, 0) is 0 Å². The summed E-state index contributed by atoms with van der Waals surface area (Å²) in [5.74, 6) is 1.81. The molecule has 1 saturated heterocycles. The van der Waals surface area contributed by atoms with Crippen molar-refractivity contribution in [1.29, 1.82) is 0 Å². The highest BCUT2D eigenvalue weighted by molar-refractivity contribution is 5.65. The number of carboxylic acid groups (broad SMARTS) is 1. The van der Waals surface area contributed by atoms with Crippen molar-refractivity contribution in [3.8, 4) is 11.8 Å². The van der Waals surface area contributed by atoms with Gasteiger partial charge in [0.1, 0.15) is 12.4 Å². The van der Waals surface area contributed by atoms with E-state index in [-0.39, 0.29) is 31.1 Å². The Labute approximate surface area is 204 Å². The third kappa shape index (κ3) is 5.73. The quantitative estimate of drug-likeness (QED) is 0.377. The Balaban J connectivity index is 1.54. The van der Waals surface area contributed by atoms with Gasteiger partial charge in [-0.3, -0.25) is 0 Å². The van der Waals surface area contributed by atoms with Crippen molar-refractivity contribution in [2.75, 3.05) is 45.2 Å². The third-order valence-electron chi connectivity index (χ3n) is 6.14. The molecular weight excluding hydrogens is 450 g/mol. The number of rotatable bonds is 11. The van der Waals surface area contributed by atoms with Crippen molar-refractivity contribution >= 4 is 17.7 Å². The Bertz CT molecular complexity index is 1160. The Morgan fingerprint density at radius 2 is 2.11 bits per heavy atom. The number of hydrogen-bond donors (Lipinski definition) is 3. The van der Waals surface area contributed by atoms with Gasteiger partial charge in [-0.05, 0) is 30.5 Å². The van der Waals surface area contributed by atoms with E-state index in [9.17, 15) is 9.90 Å². The lowest BCUT2D eigenvalue weighted by atomic mass is 10.0. The molecule has 1 aliphatic heterocycles. The lowest BCUT2D eigenvalue weighted by Gasteiger charge is -2.31. The second-order valence-electron chi connectivity index (χ2n) is 9.06. The van der Waals surface area contributed by atoms with Gasteiger partial charge in [-0.25, -0.2) is 4.79 Å². The Hall–Kier alpha value is -3.60. The molecule has 0 aliphatic carbocycles. The molecule has 0 unspecified atom stereocenters. The van der Waals surface area contributed by atoms with Gasteiger partial charge in [0.25, 0.3) is 0 Å². The smallest absolute Gasteiger partial charge is 0.407 e. The molecule has 1 atom stereocenters. The van der Waals surface area contributed by atoms with Crippen molar-refractivity contribution < 1.29 is 19.4 Å². The molecule has 188 valence electrons. The summed E-state index contributed by atoms with van der Waals surface area (Å²) in [4.78, 5) is 22.1. The number of nitrogens with one attached hydrogen (secondary N) is 2. The molecule has 1 aliphatic rings. The fourth-order valence-electron chi connectivity index (χ4n) is 3.93. The summed E-state index contributed by atoms with van der Waals surface area (Å²) in [7, 11) is 1.64. The first-order chi connectivity index (χ1) is 16.9. The van der Waals surface area contributed by atoms with Gasteiger partial charge in [0.15, 0.2) is 5.65 Å². The molecule has 3 heterocycles. The number of hydrogen-bond acceptors (Lipinski definition) is 8. The van der Waals surface area contributed by atoms with Crippen LogP contribution in [0.25, 0.3) is 5.65 Å². The molecular formula is C24H33N7O4. The van der Waals surface area contributed by atoms with Gasteiger partial charge in [0.2, 0.25) is 5.95 Å².